The summed E-state index contributed by atoms with van der Waals surface area (Å²) in [6.45, 7) is 0.0456. The van der Waals surface area contributed by atoms with E-state index in [0.717, 1.165) is 6.07 Å². The first-order valence-electron chi connectivity index (χ1n) is 10.6. The van der Waals surface area contributed by atoms with Gasteiger partial charge >= 0.3 is 12.5 Å². The molecular weight excluding hydrogens is 472 g/mol. The molecule has 180 valence electrons. The van der Waals surface area contributed by atoms with E-state index in [1.54, 1.807) is 4.90 Å². The molecule has 1 atom stereocenters. The Morgan fingerprint density at radius 2 is 1.97 bits per heavy atom. The third kappa shape index (κ3) is 4.21. The maximum Gasteiger partial charge on any atom is 0.522 e. The van der Waals surface area contributed by atoms with Crippen LogP contribution in [0.1, 0.15) is 32.1 Å². The van der Waals surface area contributed by atoms with Crippen LogP contribution in [0.4, 0.5) is 22.4 Å². The lowest BCUT2D eigenvalue weighted by Gasteiger charge is -2.72. The maximum absolute atomic E-state index is 13.4. The molecule has 0 unspecified atom stereocenters. The molecule has 4 aliphatic carbocycles. The molecule has 5 aliphatic rings. The summed E-state index contributed by atoms with van der Waals surface area (Å²) in [5.41, 5.74) is -0.795. The number of cyclic esters (lactones) is 1. The van der Waals surface area contributed by atoms with Crippen LogP contribution < -0.4 is 10.1 Å². The second-order valence-electron chi connectivity index (χ2n) is 9.40. The Labute approximate surface area is 191 Å². The predicted molar refractivity (Wildman–Crippen MR) is 105 cm³/mol. The fourth-order valence-corrected chi connectivity index (χ4v) is 5.63. The molecule has 1 aliphatic heterocycles. The monoisotopic (exact) mass is 492 g/mol. The molecule has 33 heavy (non-hydrogen) atoms. The Morgan fingerprint density at radius 3 is 2.61 bits per heavy atom. The van der Waals surface area contributed by atoms with Gasteiger partial charge in [0.1, 0.15) is 17.7 Å². The highest BCUT2D eigenvalue weighted by Crippen LogP contribution is 2.64. The zero-order chi connectivity index (χ0) is 23.6. The quantitative estimate of drug-likeness (QED) is 0.586. The maximum atomic E-state index is 13.4. The largest absolute Gasteiger partial charge is 0.522 e. The third-order valence-electron chi connectivity index (χ3n) is 7.03. The molecule has 12 heteroatoms. The van der Waals surface area contributed by atoms with Gasteiger partial charge < -0.3 is 14.8 Å². The summed E-state index contributed by atoms with van der Waals surface area (Å²) in [5.74, 6) is -0.962. The summed E-state index contributed by atoms with van der Waals surface area (Å²) in [5, 5.41) is 2.87. The van der Waals surface area contributed by atoms with Crippen LogP contribution in [0.25, 0.3) is 0 Å². The molecule has 0 spiro atoms. The Kier molecular flexibility index (Phi) is 5.20. The van der Waals surface area contributed by atoms with Crippen molar-refractivity contribution in [3.05, 3.63) is 29.0 Å². The van der Waals surface area contributed by atoms with E-state index in [1.165, 1.54) is 12.1 Å². The molecule has 4 saturated carbocycles. The normalized spacial score (nSPS) is 34.6. The van der Waals surface area contributed by atoms with Gasteiger partial charge in [-0.15, -0.1) is 13.2 Å². The van der Waals surface area contributed by atoms with E-state index in [1.807, 2.05) is 0 Å². The Morgan fingerprint density at radius 1 is 1.27 bits per heavy atom. The molecule has 2 amide bonds. The standard InChI is InChI=1S/C21H21ClF4N2O5/c22-14-2-1-12(5-15(14)23)31-7-17(29)27-19-8-20(9-19,10-19)28-6-16(32-18(28)30)11-3-13(4-11)33-21(24,25)26/h1-2,5,11,13,16H,3-4,6-10H2,(H,27,29)/t11?,13?,16-,19?,20?/m0/s1. The van der Waals surface area contributed by atoms with Crippen molar-refractivity contribution in [3.63, 3.8) is 0 Å². The Bertz CT molecular complexity index is 964. The smallest absolute Gasteiger partial charge is 0.484 e. The molecule has 7 nitrogen and oxygen atoms in total. The van der Waals surface area contributed by atoms with Crippen LogP contribution in [0.5, 0.6) is 5.75 Å². The number of amides is 2. The van der Waals surface area contributed by atoms with Crippen molar-refractivity contribution in [1.29, 1.82) is 0 Å². The van der Waals surface area contributed by atoms with Crippen molar-refractivity contribution < 1.29 is 41.4 Å². The molecule has 1 aromatic rings. The van der Waals surface area contributed by atoms with E-state index in [-0.39, 0.29) is 47.6 Å². The second-order valence-corrected chi connectivity index (χ2v) is 9.80. The topological polar surface area (TPSA) is 77.1 Å². The number of rotatable bonds is 7. The van der Waals surface area contributed by atoms with Crippen molar-refractivity contribution in [2.24, 2.45) is 5.92 Å². The number of hydrogen-bond donors (Lipinski definition) is 1. The van der Waals surface area contributed by atoms with Crippen molar-refractivity contribution in [2.75, 3.05) is 13.2 Å². The van der Waals surface area contributed by atoms with E-state index >= 15 is 0 Å². The summed E-state index contributed by atoms with van der Waals surface area (Å²) >= 11 is 5.61. The zero-order valence-corrected chi connectivity index (χ0v) is 18.0. The van der Waals surface area contributed by atoms with E-state index in [2.05, 4.69) is 10.1 Å². The third-order valence-corrected chi connectivity index (χ3v) is 7.34. The predicted octanol–water partition coefficient (Wildman–Crippen LogP) is 3.79. The van der Waals surface area contributed by atoms with Crippen LogP contribution in [0, 0.1) is 11.7 Å². The van der Waals surface area contributed by atoms with Crippen molar-refractivity contribution >= 4 is 23.6 Å². The molecule has 1 N–H and O–H groups in total. The molecule has 2 bridgehead atoms. The van der Waals surface area contributed by atoms with Gasteiger partial charge in [-0.2, -0.15) is 0 Å². The number of ether oxygens (including phenoxy) is 3. The number of benzene rings is 1. The first-order valence-corrected chi connectivity index (χ1v) is 11.0. The fourth-order valence-electron chi connectivity index (χ4n) is 5.51. The number of alkyl halides is 3. The van der Waals surface area contributed by atoms with Gasteiger partial charge in [-0.3, -0.25) is 14.4 Å². The van der Waals surface area contributed by atoms with E-state index in [0.29, 0.717) is 25.8 Å². The average Bonchev–Trinajstić information content (AvgIpc) is 3.01. The lowest BCUT2D eigenvalue weighted by atomic mass is 9.43. The minimum absolute atomic E-state index is 0.0413. The highest BCUT2D eigenvalue weighted by atomic mass is 35.5. The summed E-state index contributed by atoms with van der Waals surface area (Å²) in [6, 6.07) is 3.90. The average molecular weight is 493 g/mol. The van der Waals surface area contributed by atoms with Gasteiger partial charge in [0, 0.05) is 17.5 Å². The Hall–Kier alpha value is -2.27. The van der Waals surface area contributed by atoms with Crippen LogP contribution in [0.2, 0.25) is 5.02 Å². The lowest BCUT2D eigenvalue weighted by molar-refractivity contribution is -0.355. The number of carbonyl (C=O) groups excluding carboxylic acids is 2. The van der Waals surface area contributed by atoms with Crippen molar-refractivity contribution in [1.82, 2.24) is 10.2 Å². The number of nitrogens with zero attached hydrogens (tertiary/aromatic N) is 1. The van der Waals surface area contributed by atoms with Gasteiger partial charge in [-0.25, -0.2) is 9.18 Å². The van der Waals surface area contributed by atoms with Gasteiger partial charge in [0.15, 0.2) is 6.61 Å². The number of nitrogens with one attached hydrogen (secondary N) is 1. The highest BCUT2D eigenvalue weighted by molar-refractivity contribution is 6.30. The van der Waals surface area contributed by atoms with Crippen LogP contribution in [0.3, 0.4) is 0 Å². The van der Waals surface area contributed by atoms with Crippen molar-refractivity contribution in [2.45, 2.75) is 61.8 Å². The first-order chi connectivity index (χ1) is 15.5. The summed E-state index contributed by atoms with van der Waals surface area (Å²) < 4.78 is 65.0. The molecule has 1 heterocycles. The van der Waals surface area contributed by atoms with E-state index in [4.69, 9.17) is 21.1 Å². The van der Waals surface area contributed by atoms with Crippen LogP contribution >= 0.6 is 11.6 Å². The molecule has 0 radical (unpaired) electrons. The van der Waals surface area contributed by atoms with Crippen LogP contribution in [-0.2, 0) is 14.3 Å². The fraction of sp³-hybridized carbons (Fsp3) is 0.619. The summed E-state index contributed by atoms with van der Waals surface area (Å²) in [4.78, 5) is 26.3. The number of halogens is 5. The summed E-state index contributed by atoms with van der Waals surface area (Å²) in [6.07, 6.45) is -4.32. The first kappa shape index (κ1) is 22.5. The van der Waals surface area contributed by atoms with Crippen LogP contribution in [-0.4, -0.2) is 59.7 Å². The second kappa shape index (κ2) is 7.63. The molecular formula is C21H21ClF4N2O5. The van der Waals surface area contributed by atoms with Crippen LogP contribution in [0.15, 0.2) is 18.2 Å². The molecule has 1 aromatic carbocycles. The van der Waals surface area contributed by atoms with Gasteiger partial charge in [0.05, 0.1) is 23.2 Å². The number of hydrogen-bond acceptors (Lipinski definition) is 5. The van der Waals surface area contributed by atoms with Gasteiger partial charge in [-0.05, 0) is 44.2 Å². The lowest BCUT2D eigenvalue weighted by Crippen LogP contribution is -2.84. The van der Waals surface area contributed by atoms with E-state index < -0.39 is 36.0 Å². The molecule has 5 fully saturated rings. The van der Waals surface area contributed by atoms with E-state index in [9.17, 15) is 27.2 Å². The minimum atomic E-state index is -4.66. The SMILES string of the molecule is O=C(COc1ccc(Cl)c(F)c1)NC12CC(N3C[C@@H](C4CC(OC(F)(F)F)C4)OC3=O)(C1)C2. The molecule has 6 rings (SSSR count). The van der Waals surface area contributed by atoms with Gasteiger partial charge in [0.2, 0.25) is 0 Å². The van der Waals surface area contributed by atoms with Gasteiger partial charge in [-0.1, -0.05) is 11.6 Å². The molecule has 1 saturated heterocycles. The minimum Gasteiger partial charge on any atom is -0.484 e. The number of carbonyl (C=O) groups is 2. The van der Waals surface area contributed by atoms with Crippen molar-refractivity contribution in [3.8, 4) is 5.75 Å². The van der Waals surface area contributed by atoms with Gasteiger partial charge in [0.25, 0.3) is 5.91 Å². The summed E-state index contributed by atoms with van der Waals surface area (Å²) in [7, 11) is 0. The Balaban J connectivity index is 1.06. The highest BCUT2D eigenvalue weighted by Gasteiger charge is 2.73. The zero-order valence-electron chi connectivity index (χ0n) is 17.3. The molecule has 0 aromatic heterocycles.